The van der Waals surface area contributed by atoms with Crippen LogP contribution >= 0.6 is 15.9 Å². The van der Waals surface area contributed by atoms with Crippen LogP contribution in [0.4, 0.5) is 0 Å². The lowest BCUT2D eigenvalue weighted by Gasteiger charge is -2.37. The molecule has 0 aromatic rings. The Hall–Kier alpha value is -0.0500. The van der Waals surface area contributed by atoms with E-state index in [0.29, 0.717) is 5.92 Å². The maximum atomic E-state index is 12.0. The Balaban J connectivity index is 2.59. The molecule has 0 saturated carbocycles. The fourth-order valence-corrected chi connectivity index (χ4v) is 2.07. The molecule has 0 aromatic carbocycles. The second kappa shape index (κ2) is 4.21. The largest absolute Gasteiger partial charge is 0.341 e. The molecule has 2 atom stereocenters. The first-order valence-electron chi connectivity index (χ1n) is 5.30. The predicted octanol–water partition coefficient (Wildman–Crippen LogP) is 2.66. The molecule has 2 unspecified atom stereocenters. The van der Waals surface area contributed by atoms with Gasteiger partial charge in [-0.2, -0.15) is 0 Å². The summed E-state index contributed by atoms with van der Waals surface area (Å²) in [6.45, 7) is 10.2. The van der Waals surface area contributed by atoms with E-state index in [2.05, 4.69) is 29.8 Å². The van der Waals surface area contributed by atoms with Gasteiger partial charge >= 0.3 is 0 Å². The third kappa shape index (κ3) is 2.72. The van der Waals surface area contributed by atoms with Crippen LogP contribution in [0.3, 0.4) is 0 Å². The van der Waals surface area contributed by atoms with Crippen molar-refractivity contribution in [2.24, 2.45) is 11.8 Å². The van der Waals surface area contributed by atoms with Crippen molar-refractivity contribution in [1.29, 1.82) is 0 Å². The van der Waals surface area contributed by atoms with Crippen molar-refractivity contribution in [3.8, 4) is 0 Å². The van der Waals surface area contributed by atoms with E-state index < -0.39 is 4.32 Å². The Kier molecular flexibility index (Phi) is 3.62. The number of hydrogen-bond acceptors (Lipinski definition) is 1. The van der Waals surface area contributed by atoms with Crippen molar-refractivity contribution in [1.82, 2.24) is 4.90 Å². The molecule has 1 aliphatic rings. The number of hydrogen-bond donors (Lipinski definition) is 0. The highest BCUT2D eigenvalue weighted by Crippen LogP contribution is 2.26. The van der Waals surface area contributed by atoms with E-state index in [0.717, 1.165) is 25.4 Å². The number of amides is 1. The summed E-state index contributed by atoms with van der Waals surface area (Å²) in [5, 5.41) is 0. The number of likely N-dealkylation sites (tertiary alicyclic amines) is 1. The van der Waals surface area contributed by atoms with Crippen molar-refractivity contribution >= 4 is 21.8 Å². The maximum absolute atomic E-state index is 12.0. The fraction of sp³-hybridized carbons (Fsp3) is 0.909. The highest BCUT2D eigenvalue weighted by atomic mass is 79.9. The Morgan fingerprint density at radius 2 is 1.93 bits per heavy atom. The minimum atomic E-state index is -0.409. The third-order valence-electron chi connectivity index (χ3n) is 3.13. The van der Waals surface area contributed by atoms with Gasteiger partial charge in [0.05, 0.1) is 4.32 Å². The molecule has 3 heteroatoms. The van der Waals surface area contributed by atoms with Gasteiger partial charge in [0.1, 0.15) is 0 Å². The number of nitrogens with zero attached hydrogens (tertiary/aromatic N) is 1. The standard InChI is InChI=1S/C11H20BrNO/c1-8-5-6-13(7-9(8)2)10(14)11(3,4)12/h8-9H,5-7H2,1-4H3. The molecule has 1 aliphatic heterocycles. The molecule has 1 saturated heterocycles. The van der Waals surface area contributed by atoms with Crippen molar-refractivity contribution in [2.75, 3.05) is 13.1 Å². The summed E-state index contributed by atoms with van der Waals surface area (Å²) in [5.74, 6) is 1.59. The van der Waals surface area contributed by atoms with Gasteiger partial charge in [0.15, 0.2) is 0 Å². The summed E-state index contributed by atoms with van der Waals surface area (Å²) in [5.41, 5.74) is 0. The molecule has 1 rings (SSSR count). The molecule has 0 bridgehead atoms. The molecule has 2 nitrogen and oxygen atoms in total. The summed E-state index contributed by atoms with van der Waals surface area (Å²) in [7, 11) is 0. The molecule has 0 N–H and O–H groups in total. The Bertz CT molecular complexity index is 222. The zero-order chi connectivity index (χ0) is 10.9. The van der Waals surface area contributed by atoms with E-state index in [4.69, 9.17) is 0 Å². The zero-order valence-corrected chi connectivity index (χ0v) is 11.1. The number of carbonyl (C=O) groups excluding carboxylic acids is 1. The van der Waals surface area contributed by atoms with Crippen LogP contribution in [0.5, 0.6) is 0 Å². The molecular formula is C11H20BrNO. The summed E-state index contributed by atoms with van der Waals surface area (Å²) >= 11 is 3.42. The van der Waals surface area contributed by atoms with E-state index >= 15 is 0 Å². The number of piperidine rings is 1. The lowest BCUT2D eigenvalue weighted by molar-refractivity contribution is -0.135. The van der Waals surface area contributed by atoms with E-state index in [9.17, 15) is 4.79 Å². The fourth-order valence-electron chi connectivity index (χ4n) is 1.82. The summed E-state index contributed by atoms with van der Waals surface area (Å²) in [4.78, 5) is 13.9. The molecule has 1 fully saturated rings. The normalized spacial score (nSPS) is 29.1. The Morgan fingerprint density at radius 3 is 2.36 bits per heavy atom. The third-order valence-corrected chi connectivity index (χ3v) is 3.47. The highest BCUT2D eigenvalue weighted by Gasteiger charge is 2.33. The number of alkyl halides is 1. The van der Waals surface area contributed by atoms with Gasteiger partial charge in [-0.05, 0) is 32.1 Å². The van der Waals surface area contributed by atoms with Gasteiger partial charge in [-0.25, -0.2) is 0 Å². The summed E-state index contributed by atoms with van der Waals surface area (Å²) in [6.07, 6.45) is 1.13. The monoisotopic (exact) mass is 261 g/mol. The maximum Gasteiger partial charge on any atom is 0.238 e. The van der Waals surface area contributed by atoms with Crippen LogP contribution in [0.1, 0.15) is 34.1 Å². The molecule has 82 valence electrons. The SMILES string of the molecule is CC1CCN(C(=O)C(C)(C)Br)CC1C. The van der Waals surface area contributed by atoms with Gasteiger partial charge in [0, 0.05) is 13.1 Å². The van der Waals surface area contributed by atoms with E-state index in [1.807, 2.05) is 18.7 Å². The first-order chi connectivity index (χ1) is 6.32. The number of rotatable bonds is 1. The second-order valence-corrected chi connectivity index (χ2v) is 6.95. The molecule has 1 heterocycles. The molecule has 0 spiro atoms. The Morgan fingerprint density at radius 1 is 1.36 bits per heavy atom. The van der Waals surface area contributed by atoms with Gasteiger partial charge in [0.25, 0.3) is 0 Å². The predicted molar refractivity (Wildman–Crippen MR) is 62.5 cm³/mol. The van der Waals surface area contributed by atoms with Crippen LogP contribution < -0.4 is 0 Å². The van der Waals surface area contributed by atoms with E-state index in [1.165, 1.54) is 0 Å². The van der Waals surface area contributed by atoms with Gasteiger partial charge in [-0.1, -0.05) is 29.8 Å². The molecule has 0 aromatic heterocycles. The minimum Gasteiger partial charge on any atom is -0.341 e. The zero-order valence-electron chi connectivity index (χ0n) is 9.51. The molecular weight excluding hydrogens is 242 g/mol. The van der Waals surface area contributed by atoms with Gasteiger partial charge in [0.2, 0.25) is 5.91 Å². The minimum absolute atomic E-state index is 0.219. The lowest BCUT2D eigenvalue weighted by Crippen LogP contribution is -2.48. The van der Waals surface area contributed by atoms with Crippen LogP contribution in [0, 0.1) is 11.8 Å². The van der Waals surface area contributed by atoms with Gasteiger partial charge in [-0.3, -0.25) is 4.79 Å². The van der Waals surface area contributed by atoms with Crippen LogP contribution in [-0.4, -0.2) is 28.2 Å². The first-order valence-corrected chi connectivity index (χ1v) is 6.10. The van der Waals surface area contributed by atoms with Crippen molar-refractivity contribution in [3.05, 3.63) is 0 Å². The average molecular weight is 262 g/mol. The van der Waals surface area contributed by atoms with Crippen LogP contribution in [0.2, 0.25) is 0 Å². The topological polar surface area (TPSA) is 20.3 Å². The first kappa shape index (κ1) is 12.0. The van der Waals surface area contributed by atoms with Gasteiger partial charge in [-0.15, -0.1) is 0 Å². The van der Waals surface area contributed by atoms with Crippen molar-refractivity contribution in [2.45, 2.75) is 38.4 Å². The molecule has 0 radical (unpaired) electrons. The van der Waals surface area contributed by atoms with E-state index in [1.54, 1.807) is 0 Å². The second-order valence-electron chi connectivity index (χ2n) is 4.97. The van der Waals surface area contributed by atoms with Crippen LogP contribution in [-0.2, 0) is 4.79 Å². The quantitative estimate of drug-likeness (QED) is 0.665. The molecule has 14 heavy (non-hydrogen) atoms. The van der Waals surface area contributed by atoms with Crippen LogP contribution in [0.15, 0.2) is 0 Å². The molecule has 1 amide bonds. The van der Waals surface area contributed by atoms with E-state index in [-0.39, 0.29) is 5.91 Å². The van der Waals surface area contributed by atoms with Crippen LogP contribution in [0.25, 0.3) is 0 Å². The number of halogens is 1. The van der Waals surface area contributed by atoms with Gasteiger partial charge < -0.3 is 4.90 Å². The number of carbonyl (C=O) groups is 1. The smallest absolute Gasteiger partial charge is 0.238 e. The lowest BCUT2D eigenvalue weighted by atomic mass is 9.88. The Labute approximate surface area is 95.2 Å². The van der Waals surface area contributed by atoms with Crippen molar-refractivity contribution in [3.63, 3.8) is 0 Å². The molecule has 0 aliphatic carbocycles. The van der Waals surface area contributed by atoms with Crippen molar-refractivity contribution < 1.29 is 4.79 Å². The average Bonchev–Trinajstić information content (AvgIpc) is 2.07. The summed E-state index contributed by atoms with van der Waals surface area (Å²) < 4.78 is -0.409. The highest BCUT2D eigenvalue weighted by molar-refractivity contribution is 9.10. The summed E-state index contributed by atoms with van der Waals surface area (Å²) in [6, 6.07) is 0.